The van der Waals surface area contributed by atoms with E-state index in [1.165, 1.54) is 24.0 Å². The highest BCUT2D eigenvalue weighted by atomic mass is 19.1. The van der Waals surface area contributed by atoms with Gasteiger partial charge in [0.05, 0.1) is 25.8 Å². The number of anilines is 3. The van der Waals surface area contributed by atoms with Crippen molar-refractivity contribution in [3.63, 3.8) is 0 Å². The molecule has 1 N–H and O–H groups in total. The van der Waals surface area contributed by atoms with Crippen LogP contribution in [0.25, 0.3) is 11.4 Å². The van der Waals surface area contributed by atoms with Crippen LogP contribution in [0.2, 0.25) is 0 Å². The molecular formula is C31H38FN7O4. The predicted octanol–water partition coefficient (Wildman–Crippen LogP) is 3.08. The zero-order valence-electron chi connectivity index (χ0n) is 24.6. The first-order valence-corrected chi connectivity index (χ1v) is 14.8. The second kappa shape index (κ2) is 13.2. The number of nitrogens with zero attached hydrogens (tertiary/aromatic N) is 6. The average Bonchev–Trinajstić information content (AvgIpc) is 2.99. The SMILES string of the molecule is COCC(=O)N1CC[C@H](Oc2ccc(-c3ncnc(Nc4ccc(N5CCN(C6COC6)CC5)cc4)n3)cc2C)[C@H](F)C1. The third-order valence-electron chi connectivity index (χ3n) is 8.33. The lowest BCUT2D eigenvalue weighted by atomic mass is 10.0. The summed E-state index contributed by atoms with van der Waals surface area (Å²) in [5, 5.41) is 3.28. The lowest BCUT2D eigenvalue weighted by molar-refractivity contribution is -0.139. The molecule has 4 heterocycles. The van der Waals surface area contributed by atoms with Crippen LogP contribution in [0.1, 0.15) is 12.0 Å². The number of ether oxygens (including phenoxy) is 3. The number of rotatable bonds is 9. The van der Waals surface area contributed by atoms with Gasteiger partial charge in [0.25, 0.3) is 0 Å². The monoisotopic (exact) mass is 591 g/mol. The number of piperazine rings is 1. The second-order valence-electron chi connectivity index (χ2n) is 11.2. The highest BCUT2D eigenvalue weighted by molar-refractivity contribution is 5.77. The highest BCUT2D eigenvalue weighted by Crippen LogP contribution is 2.29. The van der Waals surface area contributed by atoms with E-state index in [0.717, 1.165) is 56.2 Å². The molecule has 0 unspecified atom stereocenters. The van der Waals surface area contributed by atoms with Crippen molar-refractivity contribution in [2.24, 2.45) is 0 Å². The number of carbonyl (C=O) groups is 1. The Kier molecular flexibility index (Phi) is 8.96. The molecule has 12 heteroatoms. The Bertz CT molecular complexity index is 1400. The van der Waals surface area contributed by atoms with Crippen LogP contribution in [0.3, 0.4) is 0 Å². The largest absolute Gasteiger partial charge is 0.487 e. The smallest absolute Gasteiger partial charge is 0.248 e. The molecule has 2 aromatic carbocycles. The number of carbonyl (C=O) groups excluding carboxylic acids is 1. The summed E-state index contributed by atoms with van der Waals surface area (Å²) in [7, 11) is 1.45. The summed E-state index contributed by atoms with van der Waals surface area (Å²) in [6.45, 7) is 8.14. The molecule has 228 valence electrons. The van der Waals surface area contributed by atoms with Crippen LogP contribution >= 0.6 is 0 Å². The lowest BCUT2D eigenvalue weighted by Gasteiger charge is -2.43. The predicted molar refractivity (Wildman–Crippen MR) is 161 cm³/mol. The van der Waals surface area contributed by atoms with Gasteiger partial charge in [-0.3, -0.25) is 9.69 Å². The van der Waals surface area contributed by atoms with Crippen LogP contribution in [-0.2, 0) is 14.3 Å². The summed E-state index contributed by atoms with van der Waals surface area (Å²) in [6, 6.07) is 14.5. The fraction of sp³-hybridized carbons (Fsp3) is 0.484. The van der Waals surface area contributed by atoms with E-state index in [1.54, 1.807) is 0 Å². The standard InChI is InChI=1S/C31H38FN7O4/c1-21-15-22(3-8-27(21)43-28-9-10-39(16-26(28)32)29(40)19-41-2)30-33-20-34-31(36-30)35-23-4-6-24(7-5-23)37-11-13-38(14-12-37)25-17-42-18-25/h3-8,15,20,25-26,28H,9-14,16-19H2,1-2H3,(H,33,34,35,36)/t26-,28+/m1/s1. The van der Waals surface area contributed by atoms with Gasteiger partial charge in [-0.2, -0.15) is 4.98 Å². The number of hydrogen-bond acceptors (Lipinski definition) is 10. The van der Waals surface area contributed by atoms with Crippen molar-refractivity contribution < 1.29 is 23.4 Å². The minimum atomic E-state index is -1.28. The molecule has 0 saturated carbocycles. The molecule has 0 aliphatic carbocycles. The van der Waals surface area contributed by atoms with Crippen molar-refractivity contribution >= 4 is 23.2 Å². The van der Waals surface area contributed by atoms with Crippen molar-refractivity contribution in [3.8, 4) is 17.1 Å². The van der Waals surface area contributed by atoms with E-state index in [2.05, 4.69) is 42.2 Å². The Morgan fingerprint density at radius 2 is 1.86 bits per heavy atom. The fourth-order valence-corrected chi connectivity index (χ4v) is 5.70. The Labute approximate surface area is 251 Å². The number of alkyl halides is 1. The third kappa shape index (κ3) is 6.87. The van der Waals surface area contributed by atoms with Crippen LogP contribution in [0.5, 0.6) is 5.75 Å². The third-order valence-corrected chi connectivity index (χ3v) is 8.33. The van der Waals surface area contributed by atoms with Crippen LogP contribution in [0, 0.1) is 6.92 Å². The van der Waals surface area contributed by atoms with Crippen LogP contribution in [0.15, 0.2) is 48.8 Å². The Balaban J connectivity index is 1.05. The maximum Gasteiger partial charge on any atom is 0.248 e. The molecule has 1 aromatic heterocycles. The molecule has 3 fully saturated rings. The molecule has 3 saturated heterocycles. The maximum atomic E-state index is 14.9. The number of amides is 1. The molecule has 3 aliphatic heterocycles. The van der Waals surface area contributed by atoms with Crippen molar-refractivity contribution in [1.82, 2.24) is 24.8 Å². The average molecular weight is 592 g/mol. The molecule has 43 heavy (non-hydrogen) atoms. The summed E-state index contributed by atoms with van der Waals surface area (Å²) < 4.78 is 31.1. The number of likely N-dealkylation sites (tertiary alicyclic amines) is 1. The van der Waals surface area contributed by atoms with Crippen LogP contribution in [0.4, 0.5) is 21.7 Å². The first kappa shape index (κ1) is 29.2. The van der Waals surface area contributed by atoms with E-state index < -0.39 is 12.3 Å². The van der Waals surface area contributed by atoms with Gasteiger partial charge in [-0.25, -0.2) is 14.4 Å². The first-order valence-electron chi connectivity index (χ1n) is 14.8. The zero-order chi connectivity index (χ0) is 29.8. The molecule has 0 spiro atoms. The molecular weight excluding hydrogens is 553 g/mol. The van der Waals surface area contributed by atoms with E-state index in [-0.39, 0.29) is 19.1 Å². The Hall–Kier alpha value is -3.87. The van der Waals surface area contributed by atoms with Gasteiger partial charge in [0, 0.05) is 63.2 Å². The molecule has 0 bridgehead atoms. The van der Waals surface area contributed by atoms with Crippen molar-refractivity contribution in [2.75, 3.05) is 76.4 Å². The number of methoxy groups -OCH3 is 1. The van der Waals surface area contributed by atoms with Gasteiger partial charge in [-0.05, 0) is 55.0 Å². The number of nitrogens with one attached hydrogen (secondary N) is 1. The number of piperidine rings is 1. The molecule has 11 nitrogen and oxygen atoms in total. The highest BCUT2D eigenvalue weighted by Gasteiger charge is 2.33. The summed E-state index contributed by atoms with van der Waals surface area (Å²) in [5.41, 5.74) is 3.74. The van der Waals surface area contributed by atoms with Gasteiger partial charge in [0.1, 0.15) is 24.8 Å². The summed E-state index contributed by atoms with van der Waals surface area (Å²) in [5.74, 6) is 1.35. The molecule has 0 radical (unpaired) electrons. The van der Waals surface area contributed by atoms with Crippen molar-refractivity contribution in [2.45, 2.75) is 31.7 Å². The van der Waals surface area contributed by atoms with Gasteiger partial charge in [-0.15, -0.1) is 0 Å². The molecule has 3 aliphatic rings. The fourth-order valence-electron chi connectivity index (χ4n) is 5.70. The molecule has 6 rings (SSSR count). The lowest BCUT2D eigenvalue weighted by Crippen LogP contribution is -2.56. The van der Waals surface area contributed by atoms with E-state index in [9.17, 15) is 9.18 Å². The van der Waals surface area contributed by atoms with Gasteiger partial charge in [0.2, 0.25) is 11.9 Å². The van der Waals surface area contributed by atoms with Crippen LogP contribution < -0.4 is 15.0 Å². The first-order chi connectivity index (χ1) is 21.0. The van der Waals surface area contributed by atoms with Gasteiger partial charge in [0.15, 0.2) is 12.0 Å². The number of hydrogen-bond donors (Lipinski definition) is 1. The Morgan fingerprint density at radius 1 is 1.07 bits per heavy atom. The summed E-state index contributed by atoms with van der Waals surface area (Å²) in [4.78, 5) is 31.7. The van der Waals surface area contributed by atoms with Crippen LogP contribution in [-0.4, -0.2) is 115 Å². The maximum absolute atomic E-state index is 14.9. The van der Waals surface area contributed by atoms with Gasteiger partial charge in [-0.1, -0.05) is 0 Å². The van der Waals surface area contributed by atoms with E-state index in [0.29, 0.717) is 36.5 Å². The van der Waals surface area contributed by atoms with E-state index >= 15 is 0 Å². The summed E-state index contributed by atoms with van der Waals surface area (Å²) >= 11 is 0. The van der Waals surface area contributed by atoms with Crippen molar-refractivity contribution in [3.05, 3.63) is 54.4 Å². The molecule has 2 atom stereocenters. The number of benzene rings is 2. The molecule has 3 aromatic rings. The second-order valence-corrected chi connectivity index (χ2v) is 11.2. The topological polar surface area (TPSA) is 105 Å². The zero-order valence-corrected chi connectivity index (χ0v) is 24.6. The van der Waals surface area contributed by atoms with Gasteiger partial charge >= 0.3 is 0 Å². The van der Waals surface area contributed by atoms with Crippen molar-refractivity contribution in [1.29, 1.82) is 0 Å². The van der Waals surface area contributed by atoms with Gasteiger partial charge < -0.3 is 29.3 Å². The van der Waals surface area contributed by atoms with E-state index in [4.69, 9.17) is 14.2 Å². The molecule has 1 amide bonds. The number of aromatic nitrogens is 3. The number of halogens is 1. The minimum absolute atomic E-state index is 0.000909. The normalized spacial score (nSPS) is 21.4. The summed E-state index contributed by atoms with van der Waals surface area (Å²) in [6.07, 6.45) is -0.00789. The van der Waals surface area contributed by atoms with E-state index in [1.807, 2.05) is 37.3 Å². The minimum Gasteiger partial charge on any atom is -0.487 e. The Morgan fingerprint density at radius 3 is 2.53 bits per heavy atom. The quantitative estimate of drug-likeness (QED) is 0.399. The number of aryl methyl sites for hydroxylation is 1.